The Kier molecular flexibility index (Phi) is 7.78. The highest BCUT2D eigenvalue weighted by Gasteiger charge is 2.38. The van der Waals surface area contributed by atoms with E-state index in [1.807, 2.05) is 36.4 Å². The zero-order valence-electron chi connectivity index (χ0n) is 33.5. The van der Waals surface area contributed by atoms with Crippen LogP contribution in [0.25, 0.3) is 106 Å². The minimum Gasteiger partial charge on any atom is -0.435 e. The van der Waals surface area contributed by atoms with E-state index in [1.165, 1.54) is 16.7 Å². The molecule has 1 aliphatic rings. The second-order valence-corrected chi connectivity index (χ2v) is 16.3. The van der Waals surface area contributed by atoms with Crippen LogP contribution in [0.3, 0.4) is 0 Å². The van der Waals surface area contributed by atoms with E-state index in [1.54, 1.807) is 0 Å². The lowest BCUT2D eigenvalue weighted by Crippen LogP contribution is -2.14. The lowest BCUT2D eigenvalue weighted by Gasteiger charge is -2.22. The molecule has 0 radical (unpaired) electrons. The van der Waals surface area contributed by atoms with Crippen molar-refractivity contribution in [2.45, 2.75) is 19.3 Å². The molecule has 0 saturated carbocycles. The zero-order chi connectivity index (χ0) is 40.7. The van der Waals surface area contributed by atoms with E-state index in [-0.39, 0.29) is 5.41 Å². The van der Waals surface area contributed by atoms with E-state index in [2.05, 4.69) is 170 Å². The van der Waals surface area contributed by atoms with Gasteiger partial charge in [0.25, 0.3) is 0 Å². The number of benzene rings is 8. The van der Waals surface area contributed by atoms with E-state index in [0.29, 0.717) is 23.5 Å². The molecule has 0 amide bonds. The van der Waals surface area contributed by atoms with E-state index in [0.717, 1.165) is 77.4 Å². The quantitative estimate of drug-likeness (QED) is 0.168. The van der Waals surface area contributed by atoms with E-state index in [4.69, 9.17) is 24.4 Å². The van der Waals surface area contributed by atoms with Crippen molar-refractivity contribution in [3.05, 3.63) is 199 Å². The van der Waals surface area contributed by atoms with Crippen LogP contribution in [0.5, 0.6) is 0 Å². The minimum atomic E-state index is -0.247. The van der Waals surface area contributed by atoms with E-state index in [9.17, 15) is 0 Å². The van der Waals surface area contributed by atoms with Gasteiger partial charge in [0.15, 0.2) is 17.2 Å². The van der Waals surface area contributed by atoms with Crippen molar-refractivity contribution >= 4 is 32.9 Å². The predicted octanol–water partition coefficient (Wildman–Crippen LogP) is 13.8. The maximum atomic E-state index is 6.55. The van der Waals surface area contributed by atoms with Gasteiger partial charge in [0, 0.05) is 38.4 Å². The highest BCUT2D eigenvalue weighted by molar-refractivity contribution is 6.09. The van der Waals surface area contributed by atoms with Gasteiger partial charge in [-0.3, -0.25) is 4.57 Å². The summed E-state index contributed by atoms with van der Waals surface area (Å²) in [7, 11) is 0. The number of hydrogen-bond acceptors (Lipinski definition) is 5. The van der Waals surface area contributed by atoms with Crippen LogP contribution in [0.1, 0.15) is 25.0 Å². The van der Waals surface area contributed by atoms with Crippen LogP contribution >= 0.6 is 0 Å². The number of oxazole rings is 1. The van der Waals surface area contributed by atoms with Crippen molar-refractivity contribution in [1.29, 1.82) is 0 Å². The van der Waals surface area contributed by atoms with Crippen molar-refractivity contribution < 1.29 is 4.42 Å². The summed E-state index contributed by atoms with van der Waals surface area (Å²) in [5.41, 5.74) is 15.6. The highest BCUT2D eigenvalue weighted by Crippen LogP contribution is 2.52. The predicted molar refractivity (Wildman–Crippen MR) is 246 cm³/mol. The molecule has 288 valence electrons. The molecular formula is C55H37N5O. The fourth-order valence-electron chi connectivity index (χ4n) is 9.23. The highest BCUT2D eigenvalue weighted by atomic mass is 16.3. The summed E-state index contributed by atoms with van der Waals surface area (Å²) in [5.74, 6) is 2.42. The fourth-order valence-corrected chi connectivity index (χ4v) is 9.23. The second kappa shape index (κ2) is 13.5. The molecule has 0 spiro atoms. The molecule has 0 saturated heterocycles. The Morgan fingerprint density at radius 1 is 0.426 bits per heavy atom. The molecule has 8 aromatic carbocycles. The summed E-state index contributed by atoms with van der Waals surface area (Å²) in [6.45, 7) is 4.60. The molecule has 0 aliphatic heterocycles. The number of hydrogen-bond donors (Lipinski definition) is 0. The number of nitrogens with zero attached hydrogens (tertiary/aromatic N) is 5. The van der Waals surface area contributed by atoms with Gasteiger partial charge in [0.2, 0.25) is 11.8 Å². The molecule has 0 bridgehead atoms. The van der Waals surface area contributed by atoms with Gasteiger partial charge in [0.05, 0.1) is 11.0 Å². The van der Waals surface area contributed by atoms with Gasteiger partial charge in [-0.1, -0.05) is 159 Å². The number of para-hydroxylation sites is 2. The number of rotatable bonds is 6. The van der Waals surface area contributed by atoms with Crippen molar-refractivity contribution in [3.8, 4) is 73.6 Å². The molecule has 0 atom stereocenters. The molecule has 61 heavy (non-hydrogen) atoms. The Balaban J connectivity index is 0.983. The Hall–Kier alpha value is -7.96. The molecule has 6 heteroatoms. The summed E-state index contributed by atoms with van der Waals surface area (Å²) < 4.78 is 8.71. The summed E-state index contributed by atoms with van der Waals surface area (Å²) in [6.07, 6.45) is 0. The van der Waals surface area contributed by atoms with Crippen LogP contribution < -0.4 is 0 Å². The molecule has 12 rings (SSSR count). The van der Waals surface area contributed by atoms with Crippen LogP contribution in [0, 0.1) is 0 Å². The third-order valence-electron chi connectivity index (χ3n) is 12.3. The van der Waals surface area contributed by atoms with Gasteiger partial charge in [-0.15, -0.1) is 0 Å². The Bertz CT molecular complexity index is 3440. The van der Waals surface area contributed by atoms with E-state index >= 15 is 0 Å². The van der Waals surface area contributed by atoms with Crippen LogP contribution in [0.4, 0.5) is 0 Å². The zero-order valence-corrected chi connectivity index (χ0v) is 33.5. The molecule has 11 aromatic rings. The normalized spacial score (nSPS) is 12.9. The first-order valence-corrected chi connectivity index (χ1v) is 20.6. The van der Waals surface area contributed by atoms with Gasteiger partial charge in [-0.25, -0.2) is 9.97 Å². The summed E-state index contributed by atoms with van der Waals surface area (Å²) >= 11 is 0. The average molecular weight is 784 g/mol. The molecule has 1 aliphatic carbocycles. The third kappa shape index (κ3) is 5.64. The van der Waals surface area contributed by atoms with Gasteiger partial charge in [0.1, 0.15) is 5.52 Å². The number of aromatic nitrogens is 5. The Labute approximate surface area is 352 Å². The summed E-state index contributed by atoms with van der Waals surface area (Å²) in [6, 6.07) is 65.6. The van der Waals surface area contributed by atoms with Gasteiger partial charge >= 0.3 is 0 Å². The van der Waals surface area contributed by atoms with E-state index < -0.39 is 0 Å². The average Bonchev–Trinajstić information content (AvgIpc) is 3.98. The summed E-state index contributed by atoms with van der Waals surface area (Å²) in [4.78, 5) is 20.5. The van der Waals surface area contributed by atoms with Crippen LogP contribution in [-0.2, 0) is 5.41 Å². The number of fused-ring (bicyclic) bond motifs is 8. The first-order chi connectivity index (χ1) is 30.0. The monoisotopic (exact) mass is 783 g/mol. The largest absolute Gasteiger partial charge is 0.435 e. The van der Waals surface area contributed by atoms with Crippen LogP contribution in [0.2, 0.25) is 0 Å². The van der Waals surface area contributed by atoms with Gasteiger partial charge in [-0.2, -0.15) is 9.97 Å². The second-order valence-electron chi connectivity index (χ2n) is 16.3. The smallest absolute Gasteiger partial charge is 0.238 e. The minimum absolute atomic E-state index is 0.247. The Morgan fingerprint density at radius 2 is 0.984 bits per heavy atom. The molecule has 6 nitrogen and oxygen atoms in total. The Morgan fingerprint density at radius 3 is 1.70 bits per heavy atom. The lowest BCUT2D eigenvalue weighted by molar-refractivity contribution is 0.618. The molecule has 0 fully saturated rings. The van der Waals surface area contributed by atoms with Crippen molar-refractivity contribution in [2.24, 2.45) is 0 Å². The molecule has 0 unspecified atom stereocenters. The van der Waals surface area contributed by atoms with Crippen molar-refractivity contribution in [1.82, 2.24) is 24.5 Å². The van der Waals surface area contributed by atoms with Crippen LogP contribution in [0.15, 0.2) is 192 Å². The van der Waals surface area contributed by atoms with Gasteiger partial charge in [-0.05, 0) is 81.4 Å². The van der Waals surface area contributed by atoms with Crippen molar-refractivity contribution in [2.75, 3.05) is 0 Å². The maximum absolute atomic E-state index is 6.55. The first kappa shape index (κ1) is 35.0. The maximum Gasteiger partial charge on any atom is 0.238 e. The molecule has 0 N–H and O–H groups in total. The molecule has 3 heterocycles. The lowest BCUT2D eigenvalue weighted by atomic mass is 9.81. The van der Waals surface area contributed by atoms with Crippen LogP contribution in [-0.4, -0.2) is 24.5 Å². The standard InChI is InChI=1S/C55H37N5O/c1-55(2)44-30-31-46-50(61-53(56-46)37-16-7-4-8-17-37)49(44)43-29-28-39(33-45(43)55)38-18-13-19-40(32-38)52-57-51(36-26-24-35(25-27-36)34-14-5-3-6-15-34)58-54(59-52)60-47-22-11-9-20-41(47)42-21-10-12-23-48(42)60/h3-33H,1-2H3. The topological polar surface area (TPSA) is 69.6 Å². The fraction of sp³-hybridized carbons (Fsp3) is 0.0545. The van der Waals surface area contributed by atoms with Crippen molar-refractivity contribution in [3.63, 3.8) is 0 Å². The third-order valence-corrected chi connectivity index (χ3v) is 12.3. The summed E-state index contributed by atoms with van der Waals surface area (Å²) in [5, 5.41) is 2.30. The first-order valence-electron chi connectivity index (χ1n) is 20.6. The van der Waals surface area contributed by atoms with Gasteiger partial charge < -0.3 is 4.42 Å². The SMILES string of the molecule is CC1(C)c2cc(-c3cccc(-c4nc(-c5ccc(-c6ccccc6)cc5)nc(-n5c6ccccc6c6ccccc65)n4)c3)ccc2-c2c1ccc1nc(-c3ccccc3)oc21. The molecule has 3 aromatic heterocycles. The molecular weight excluding hydrogens is 747 g/mol.